The van der Waals surface area contributed by atoms with Crippen LogP contribution in [0.15, 0.2) is 30.6 Å². The lowest BCUT2D eigenvalue weighted by Crippen LogP contribution is -2.49. The Morgan fingerprint density at radius 3 is 2.53 bits per heavy atom. The number of piperidine rings is 1. The summed E-state index contributed by atoms with van der Waals surface area (Å²) >= 11 is 0. The topological polar surface area (TPSA) is 100 Å². The zero-order valence-corrected chi connectivity index (χ0v) is 22.0. The van der Waals surface area contributed by atoms with Gasteiger partial charge in [-0.1, -0.05) is 31.4 Å². The molecule has 4 aromatic rings. The number of morpholine rings is 1. The third-order valence-corrected chi connectivity index (χ3v) is 8.55. The van der Waals surface area contributed by atoms with Gasteiger partial charge in [-0.3, -0.25) is 4.90 Å². The van der Waals surface area contributed by atoms with E-state index < -0.39 is 0 Å². The number of anilines is 2. The lowest BCUT2D eigenvalue weighted by Gasteiger charge is -2.40. The second kappa shape index (κ2) is 10.5. The molecule has 1 saturated carbocycles. The Morgan fingerprint density at radius 1 is 0.895 bits per heavy atom. The van der Waals surface area contributed by atoms with Gasteiger partial charge in [-0.15, -0.1) is 0 Å². The molecule has 200 valence electrons. The number of nitrogens with one attached hydrogen (secondary N) is 2. The van der Waals surface area contributed by atoms with Crippen molar-refractivity contribution < 1.29 is 4.74 Å². The second-order valence-electron chi connectivity index (χ2n) is 10.9. The Morgan fingerprint density at radius 2 is 1.71 bits per heavy atom. The molecular formula is C28H37N9O. The molecule has 0 unspecified atom stereocenters. The molecule has 0 spiro atoms. The van der Waals surface area contributed by atoms with E-state index in [9.17, 15) is 0 Å². The van der Waals surface area contributed by atoms with Crippen molar-refractivity contribution in [3.8, 4) is 0 Å². The minimum atomic E-state index is 0.465. The van der Waals surface area contributed by atoms with Crippen LogP contribution in [-0.2, 0) is 11.3 Å². The van der Waals surface area contributed by atoms with E-state index in [0.29, 0.717) is 18.6 Å². The van der Waals surface area contributed by atoms with Crippen LogP contribution in [0.4, 0.5) is 11.8 Å². The van der Waals surface area contributed by atoms with Gasteiger partial charge >= 0.3 is 0 Å². The normalized spacial score (nSPS) is 20.5. The molecule has 3 fully saturated rings. The fourth-order valence-electron chi connectivity index (χ4n) is 6.43. The van der Waals surface area contributed by atoms with Gasteiger partial charge < -0.3 is 24.5 Å². The summed E-state index contributed by atoms with van der Waals surface area (Å²) in [6.07, 6.45) is 10.5. The third-order valence-electron chi connectivity index (χ3n) is 8.55. The Balaban J connectivity index is 1.16. The summed E-state index contributed by atoms with van der Waals surface area (Å²) in [7, 11) is 0. The number of H-pyrrole nitrogens is 1. The fraction of sp³-hybridized carbons (Fsp3) is 0.571. The van der Waals surface area contributed by atoms with Crippen molar-refractivity contribution >= 4 is 34.0 Å². The van der Waals surface area contributed by atoms with E-state index in [-0.39, 0.29) is 0 Å². The molecule has 2 saturated heterocycles. The molecule has 5 heterocycles. The number of hydrogen-bond donors (Lipinski definition) is 2. The van der Waals surface area contributed by atoms with E-state index in [1.807, 2.05) is 24.5 Å². The zero-order chi connectivity index (χ0) is 25.3. The van der Waals surface area contributed by atoms with E-state index in [0.717, 1.165) is 92.0 Å². The Bertz CT molecular complexity index is 1340. The molecule has 7 rings (SSSR count). The van der Waals surface area contributed by atoms with Gasteiger partial charge in [-0.05, 0) is 37.8 Å². The fourth-order valence-corrected chi connectivity index (χ4v) is 6.43. The highest BCUT2D eigenvalue weighted by Gasteiger charge is 2.28. The van der Waals surface area contributed by atoms with E-state index in [2.05, 4.69) is 30.7 Å². The standard InChI is InChI=1S/C28H37N9O/c1-2-6-21(7-3-1)37-19-30-25-26(29-18-24-31-22-8-4-5-9-23(22)32-24)33-28(34-27(25)37)36-12-10-20(11-13-36)35-14-16-38-17-15-35/h4-5,8-9,19-21H,1-3,6-7,10-18H2,(H,31,32)(H,29,33,34). The number of aromatic amines is 1. The molecule has 1 aliphatic carbocycles. The predicted octanol–water partition coefficient (Wildman–Crippen LogP) is 4.12. The molecule has 3 aromatic heterocycles. The summed E-state index contributed by atoms with van der Waals surface area (Å²) in [5.41, 5.74) is 3.81. The van der Waals surface area contributed by atoms with Crippen LogP contribution >= 0.6 is 0 Å². The van der Waals surface area contributed by atoms with Gasteiger partial charge in [0.05, 0.1) is 37.1 Å². The number of aromatic nitrogens is 6. The molecule has 3 aliphatic rings. The second-order valence-corrected chi connectivity index (χ2v) is 10.9. The Labute approximate surface area is 222 Å². The minimum Gasteiger partial charge on any atom is -0.379 e. The van der Waals surface area contributed by atoms with Gasteiger partial charge in [0.2, 0.25) is 5.95 Å². The monoisotopic (exact) mass is 515 g/mol. The molecule has 38 heavy (non-hydrogen) atoms. The number of nitrogens with zero attached hydrogens (tertiary/aromatic N) is 7. The molecule has 1 aromatic carbocycles. The molecule has 2 aliphatic heterocycles. The largest absolute Gasteiger partial charge is 0.379 e. The number of fused-ring (bicyclic) bond motifs is 2. The van der Waals surface area contributed by atoms with Gasteiger partial charge in [0.1, 0.15) is 5.82 Å². The third kappa shape index (κ3) is 4.71. The van der Waals surface area contributed by atoms with Crippen LogP contribution in [0.5, 0.6) is 0 Å². The number of benzene rings is 1. The first kappa shape index (κ1) is 23.8. The van der Waals surface area contributed by atoms with Crippen molar-refractivity contribution in [1.82, 2.24) is 34.4 Å². The highest BCUT2D eigenvalue weighted by atomic mass is 16.5. The van der Waals surface area contributed by atoms with Crippen LogP contribution in [0.3, 0.4) is 0 Å². The van der Waals surface area contributed by atoms with Crippen LogP contribution in [0.2, 0.25) is 0 Å². The van der Waals surface area contributed by atoms with Crippen molar-refractivity contribution in [1.29, 1.82) is 0 Å². The maximum Gasteiger partial charge on any atom is 0.229 e. The first-order valence-electron chi connectivity index (χ1n) is 14.3. The molecule has 0 bridgehead atoms. The van der Waals surface area contributed by atoms with Crippen molar-refractivity contribution in [2.45, 2.75) is 63.6 Å². The maximum atomic E-state index is 5.57. The van der Waals surface area contributed by atoms with Crippen molar-refractivity contribution in [3.63, 3.8) is 0 Å². The van der Waals surface area contributed by atoms with Crippen LogP contribution in [-0.4, -0.2) is 79.8 Å². The van der Waals surface area contributed by atoms with Crippen LogP contribution in [0.25, 0.3) is 22.2 Å². The SMILES string of the molecule is c1ccc2[nH]c(CNc3nc(N4CCC(N5CCOCC5)CC4)nc4c3ncn4C3CCCCC3)nc2c1. The van der Waals surface area contributed by atoms with Gasteiger partial charge in [0.25, 0.3) is 0 Å². The van der Waals surface area contributed by atoms with Gasteiger partial charge in [-0.25, -0.2) is 9.97 Å². The molecule has 0 atom stereocenters. The molecule has 0 amide bonds. The summed E-state index contributed by atoms with van der Waals surface area (Å²) in [6.45, 7) is 6.28. The smallest absolute Gasteiger partial charge is 0.229 e. The summed E-state index contributed by atoms with van der Waals surface area (Å²) in [5.74, 6) is 2.48. The average molecular weight is 516 g/mol. The van der Waals surface area contributed by atoms with Crippen molar-refractivity contribution in [3.05, 3.63) is 36.4 Å². The molecule has 0 radical (unpaired) electrons. The van der Waals surface area contributed by atoms with Crippen LogP contribution in [0.1, 0.15) is 56.8 Å². The lowest BCUT2D eigenvalue weighted by atomic mass is 9.95. The van der Waals surface area contributed by atoms with Gasteiger partial charge in [0.15, 0.2) is 17.0 Å². The number of para-hydroxylation sites is 2. The molecule has 10 nitrogen and oxygen atoms in total. The Hall–Kier alpha value is -3.24. The first-order valence-corrected chi connectivity index (χ1v) is 14.3. The van der Waals surface area contributed by atoms with Gasteiger partial charge in [0, 0.05) is 38.3 Å². The first-order chi connectivity index (χ1) is 18.8. The van der Waals surface area contributed by atoms with Crippen molar-refractivity contribution in [2.24, 2.45) is 0 Å². The van der Waals surface area contributed by atoms with E-state index in [1.54, 1.807) is 0 Å². The number of rotatable bonds is 6. The zero-order valence-electron chi connectivity index (χ0n) is 22.0. The van der Waals surface area contributed by atoms with Gasteiger partial charge in [-0.2, -0.15) is 9.97 Å². The maximum absolute atomic E-state index is 5.57. The average Bonchev–Trinajstić information content (AvgIpc) is 3.61. The Kier molecular flexibility index (Phi) is 6.59. The predicted molar refractivity (Wildman–Crippen MR) is 148 cm³/mol. The molecule has 2 N–H and O–H groups in total. The summed E-state index contributed by atoms with van der Waals surface area (Å²) in [6, 6.07) is 9.21. The number of imidazole rings is 2. The molecule has 10 heteroatoms. The molecular weight excluding hydrogens is 478 g/mol. The number of hydrogen-bond acceptors (Lipinski definition) is 8. The van der Waals surface area contributed by atoms with E-state index >= 15 is 0 Å². The quantitative estimate of drug-likeness (QED) is 0.396. The van der Waals surface area contributed by atoms with Crippen molar-refractivity contribution in [2.75, 3.05) is 49.6 Å². The van der Waals surface area contributed by atoms with Crippen LogP contribution in [0, 0.1) is 0 Å². The van der Waals surface area contributed by atoms with E-state index in [4.69, 9.17) is 24.7 Å². The van der Waals surface area contributed by atoms with E-state index in [1.165, 1.54) is 32.1 Å². The summed E-state index contributed by atoms with van der Waals surface area (Å²) in [5, 5.41) is 3.55. The lowest BCUT2D eigenvalue weighted by molar-refractivity contribution is 0.0114. The minimum absolute atomic E-state index is 0.465. The highest BCUT2D eigenvalue weighted by molar-refractivity contribution is 5.84. The number of ether oxygens (including phenoxy) is 1. The summed E-state index contributed by atoms with van der Waals surface area (Å²) < 4.78 is 7.88. The summed E-state index contributed by atoms with van der Waals surface area (Å²) in [4.78, 5) is 28.1. The highest BCUT2D eigenvalue weighted by Crippen LogP contribution is 2.33. The van der Waals surface area contributed by atoms with Crippen LogP contribution < -0.4 is 10.2 Å².